The third-order valence-corrected chi connectivity index (χ3v) is 6.29. The van der Waals surface area contributed by atoms with Gasteiger partial charge in [0.25, 0.3) is 0 Å². The monoisotopic (exact) mass is 445 g/mol. The molecule has 0 unspecified atom stereocenters. The summed E-state index contributed by atoms with van der Waals surface area (Å²) in [5.41, 5.74) is 0.925. The van der Waals surface area contributed by atoms with Crippen LogP contribution in [0.1, 0.15) is 53.3 Å². The van der Waals surface area contributed by atoms with Crippen molar-refractivity contribution in [3.63, 3.8) is 0 Å². The summed E-state index contributed by atoms with van der Waals surface area (Å²) in [6.45, 7) is 0.461. The van der Waals surface area contributed by atoms with Gasteiger partial charge in [0.15, 0.2) is 11.5 Å². The number of carboxylic acid groups (broad SMARTS) is 1. The van der Waals surface area contributed by atoms with Crippen molar-refractivity contribution in [1.29, 1.82) is 0 Å². The first-order valence-electron chi connectivity index (χ1n) is 10.4. The molecule has 0 spiro atoms. The smallest absolute Gasteiger partial charge is 0.478 e. The molecule has 168 valence electrons. The van der Waals surface area contributed by atoms with E-state index in [1.165, 1.54) is 24.3 Å². The van der Waals surface area contributed by atoms with E-state index in [0.717, 1.165) is 5.56 Å². The van der Waals surface area contributed by atoms with Gasteiger partial charge in [0.2, 0.25) is 5.91 Å². The summed E-state index contributed by atoms with van der Waals surface area (Å²) < 4.78 is 41.4. The number of hydrogen-bond donors (Lipinski definition) is 2. The molecule has 0 aromatic heterocycles. The van der Waals surface area contributed by atoms with Crippen molar-refractivity contribution in [2.75, 3.05) is 6.61 Å². The third-order valence-electron chi connectivity index (χ3n) is 6.29. The Morgan fingerprint density at radius 2 is 1.75 bits per heavy atom. The minimum atomic E-state index is -3.69. The SMILES string of the molecule is O=C(O)c1ccc([C@@H]2C[C@H](NC(=O)C3(c4ccc5c(c4)OC(F)(F)O5)CC3)CCO2)cc1. The molecule has 2 aromatic rings. The summed E-state index contributed by atoms with van der Waals surface area (Å²) in [5.74, 6) is -1.25. The number of halogens is 2. The van der Waals surface area contributed by atoms with E-state index >= 15 is 0 Å². The molecular weight excluding hydrogens is 424 g/mol. The van der Waals surface area contributed by atoms with Crippen LogP contribution in [-0.2, 0) is 14.9 Å². The lowest BCUT2D eigenvalue weighted by Gasteiger charge is -2.31. The van der Waals surface area contributed by atoms with E-state index < -0.39 is 17.7 Å². The normalized spacial score (nSPS) is 24.6. The molecule has 2 aliphatic heterocycles. The van der Waals surface area contributed by atoms with E-state index in [2.05, 4.69) is 14.8 Å². The Morgan fingerprint density at radius 3 is 2.44 bits per heavy atom. The fourth-order valence-corrected chi connectivity index (χ4v) is 4.34. The minimum absolute atomic E-state index is 0.0452. The average molecular weight is 445 g/mol. The average Bonchev–Trinajstić information content (AvgIpc) is 3.51. The van der Waals surface area contributed by atoms with Gasteiger partial charge in [-0.2, -0.15) is 0 Å². The maximum Gasteiger partial charge on any atom is 0.586 e. The van der Waals surface area contributed by atoms with Gasteiger partial charge in [0.05, 0.1) is 17.1 Å². The highest BCUT2D eigenvalue weighted by molar-refractivity contribution is 5.91. The van der Waals surface area contributed by atoms with Crippen LogP contribution >= 0.6 is 0 Å². The number of nitrogens with one attached hydrogen (secondary N) is 1. The first kappa shape index (κ1) is 20.7. The number of aromatic carboxylic acids is 1. The predicted molar refractivity (Wildman–Crippen MR) is 107 cm³/mol. The second-order valence-electron chi connectivity index (χ2n) is 8.39. The highest BCUT2D eigenvalue weighted by Gasteiger charge is 2.53. The first-order chi connectivity index (χ1) is 15.3. The maximum atomic E-state index is 13.3. The fraction of sp³-hybridized carbons (Fsp3) is 0.391. The minimum Gasteiger partial charge on any atom is -0.478 e. The zero-order chi connectivity index (χ0) is 22.5. The predicted octanol–water partition coefficient (Wildman–Crippen LogP) is 3.77. The zero-order valence-corrected chi connectivity index (χ0v) is 17.0. The fourth-order valence-electron chi connectivity index (χ4n) is 4.34. The van der Waals surface area contributed by atoms with E-state index in [1.807, 2.05) is 0 Å². The second-order valence-corrected chi connectivity index (χ2v) is 8.39. The molecule has 0 bridgehead atoms. The van der Waals surface area contributed by atoms with Crippen molar-refractivity contribution in [2.24, 2.45) is 0 Å². The van der Waals surface area contributed by atoms with Crippen molar-refractivity contribution in [3.05, 3.63) is 59.2 Å². The van der Waals surface area contributed by atoms with Crippen molar-refractivity contribution in [1.82, 2.24) is 5.32 Å². The largest absolute Gasteiger partial charge is 0.586 e. The lowest BCUT2D eigenvalue weighted by atomic mass is 9.92. The van der Waals surface area contributed by atoms with Gasteiger partial charge in [-0.15, -0.1) is 8.78 Å². The number of rotatable bonds is 5. The topological polar surface area (TPSA) is 94.1 Å². The number of benzene rings is 2. The Bertz CT molecular complexity index is 1070. The molecule has 0 radical (unpaired) electrons. The van der Waals surface area contributed by atoms with Crippen LogP contribution in [0.3, 0.4) is 0 Å². The molecule has 1 aliphatic carbocycles. The lowest BCUT2D eigenvalue weighted by molar-refractivity contribution is -0.286. The standard InChI is InChI=1S/C23H21F2NO6/c24-23(25)31-17-6-5-15(11-19(17)32-23)22(8-9-22)21(29)26-16-7-10-30-18(12-16)13-1-3-14(4-2-13)20(27)28/h1-6,11,16,18H,7-10,12H2,(H,26,29)(H,27,28)/t16-,18+/m1/s1. The van der Waals surface area contributed by atoms with Crippen LogP contribution in [-0.4, -0.2) is 35.9 Å². The number of hydrogen-bond acceptors (Lipinski definition) is 5. The van der Waals surface area contributed by atoms with Crippen LogP contribution in [0, 0.1) is 0 Å². The van der Waals surface area contributed by atoms with Gasteiger partial charge in [-0.3, -0.25) is 4.79 Å². The molecule has 1 saturated heterocycles. The number of carbonyl (C=O) groups is 2. The Hall–Kier alpha value is -3.20. The molecule has 7 nitrogen and oxygen atoms in total. The van der Waals surface area contributed by atoms with Crippen LogP contribution < -0.4 is 14.8 Å². The van der Waals surface area contributed by atoms with E-state index in [9.17, 15) is 18.4 Å². The van der Waals surface area contributed by atoms with Crippen molar-refractivity contribution >= 4 is 11.9 Å². The Kier molecular flexibility index (Phi) is 4.81. The van der Waals surface area contributed by atoms with Gasteiger partial charge in [0, 0.05) is 12.6 Å². The summed E-state index contributed by atoms with van der Waals surface area (Å²) in [7, 11) is 0. The van der Waals surface area contributed by atoms with Crippen LogP contribution in [0.2, 0.25) is 0 Å². The lowest BCUT2D eigenvalue weighted by Crippen LogP contribution is -2.44. The van der Waals surface area contributed by atoms with Gasteiger partial charge < -0.3 is 24.6 Å². The zero-order valence-electron chi connectivity index (χ0n) is 17.0. The molecule has 2 N–H and O–H groups in total. The molecule has 2 aromatic carbocycles. The molecule has 2 atom stereocenters. The number of alkyl halides is 2. The van der Waals surface area contributed by atoms with Crippen molar-refractivity contribution in [2.45, 2.75) is 49.5 Å². The van der Waals surface area contributed by atoms with Gasteiger partial charge in [0.1, 0.15) is 0 Å². The van der Waals surface area contributed by atoms with E-state index in [1.54, 1.807) is 18.2 Å². The van der Waals surface area contributed by atoms with Gasteiger partial charge in [-0.05, 0) is 61.1 Å². The molecule has 3 aliphatic rings. The maximum absolute atomic E-state index is 13.3. The molecule has 1 saturated carbocycles. The number of fused-ring (bicyclic) bond motifs is 1. The van der Waals surface area contributed by atoms with E-state index in [4.69, 9.17) is 9.84 Å². The molecule has 32 heavy (non-hydrogen) atoms. The van der Waals surface area contributed by atoms with Crippen LogP contribution in [0.25, 0.3) is 0 Å². The Morgan fingerprint density at radius 1 is 1.03 bits per heavy atom. The quantitative estimate of drug-likeness (QED) is 0.728. The summed E-state index contributed by atoms with van der Waals surface area (Å²) >= 11 is 0. The molecule has 2 fully saturated rings. The van der Waals surface area contributed by atoms with E-state index in [0.29, 0.717) is 37.9 Å². The van der Waals surface area contributed by atoms with Gasteiger partial charge in [-0.25, -0.2) is 4.79 Å². The van der Waals surface area contributed by atoms with Crippen molar-refractivity contribution < 1.29 is 37.7 Å². The first-order valence-corrected chi connectivity index (χ1v) is 10.4. The number of amides is 1. The van der Waals surface area contributed by atoms with Crippen LogP contribution in [0.4, 0.5) is 8.78 Å². The van der Waals surface area contributed by atoms with Crippen LogP contribution in [0.15, 0.2) is 42.5 Å². The second kappa shape index (κ2) is 7.44. The summed E-state index contributed by atoms with van der Waals surface area (Å²) in [6, 6.07) is 10.9. The van der Waals surface area contributed by atoms with Crippen molar-refractivity contribution in [3.8, 4) is 11.5 Å². The highest BCUT2D eigenvalue weighted by atomic mass is 19.3. The third kappa shape index (κ3) is 3.77. The molecule has 1 amide bonds. The molecule has 2 heterocycles. The molecule has 5 rings (SSSR count). The number of ether oxygens (including phenoxy) is 3. The Balaban J connectivity index is 1.26. The Labute approximate surface area is 182 Å². The highest BCUT2D eigenvalue weighted by Crippen LogP contribution is 2.52. The summed E-state index contributed by atoms with van der Waals surface area (Å²) in [5, 5.41) is 12.2. The molecule has 9 heteroatoms. The summed E-state index contributed by atoms with van der Waals surface area (Å²) in [4.78, 5) is 24.2. The van der Waals surface area contributed by atoms with Gasteiger partial charge in [-0.1, -0.05) is 18.2 Å². The number of carboxylic acids is 1. The number of carbonyl (C=O) groups excluding carboxylic acids is 1. The van der Waals surface area contributed by atoms with Gasteiger partial charge >= 0.3 is 12.3 Å². The van der Waals surface area contributed by atoms with E-state index in [-0.39, 0.29) is 35.1 Å². The summed E-state index contributed by atoms with van der Waals surface area (Å²) in [6.07, 6.45) is -1.49. The van der Waals surface area contributed by atoms with Crippen LogP contribution in [0.5, 0.6) is 11.5 Å². The molecular formula is C23H21F2NO6.